The van der Waals surface area contributed by atoms with Gasteiger partial charge in [0.1, 0.15) is 0 Å². The molecule has 0 bridgehead atoms. The molecule has 16 heavy (non-hydrogen) atoms. The highest BCUT2D eigenvalue weighted by atomic mass is 14.9. The Morgan fingerprint density at radius 2 is 1.88 bits per heavy atom. The molecule has 2 unspecified atom stereocenters. The maximum absolute atomic E-state index is 3.63. The van der Waals surface area contributed by atoms with Crippen molar-refractivity contribution in [1.29, 1.82) is 0 Å². The summed E-state index contributed by atoms with van der Waals surface area (Å²) in [5.41, 5.74) is 2.91. The SMILES string of the molecule is CCc1ccc(CC2CC(C)CCN2)cc1. The van der Waals surface area contributed by atoms with Crippen molar-refractivity contribution in [2.24, 2.45) is 5.92 Å². The smallest absolute Gasteiger partial charge is 0.0110 e. The number of benzene rings is 1. The third kappa shape index (κ3) is 3.08. The summed E-state index contributed by atoms with van der Waals surface area (Å²) in [4.78, 5) is 0. The standard InChI is InChI=1S/C15H23N/c1-3-13-4-6-14(7-5-13)11-15-10-12(2)8-9-16-15/h4-7,12,15-16H,3,8-11H2,1-2H3. The number of nitrogens with one attached hydrogen (secondary N) is 1. The van der Waals surface area contributed by atoms with Gasteiger partial charge in [-0.05, 0) is 49.3 Å². The average Bonchev–Trinajstić information content (AvgIpc) is 2.30. The van der Waals surface area contributed by atoms with Gasteiger partial charge in [0.25, 0.3) is 0 Å². The molecule has 0 amide bonds. The number of aryl methyl sites for hydroxylation is 1. The van der Waals surface area contributed by atoms with Crippen molar-refractivity contribution in [3.05, 3.63) is 35.4 Å². The van der Waals surface area contributed by atoms with Gasteiger partial charge in [-0.25, -0.2) is 0 Å². The molecule has 0 radical (unpaired) electrons. The van der Waals surface area contributed by atoms with Crippen LogP contribution in [0.1, 0.15) is 37.8 Å². The summed E-state index contributed by atoms with van der Waals surface area (Å²) < 4.78 is 0. The molecule has 0 aliphatic carbocycles. The van der Waals surface area contributed by atoms with Gasteiger partial charge < -0.3 is 5.32 Å². The Kier molecular flexibility index (Phi) is 4.00. The number of rotatable bonds is 3. The summed E-state index contributed by atoms with van der Waals surface area (Å²) in [6.45, 7) is 5.77. The molecule has 1 fully saturated rings. The first kappa shape index (κ1) is 11.7. The van der Waals surface area contributed by atoms with Crippen LogP contribution >= 0.6 is 0 Å². The van der Waals surface area contributed by atoms with Gasteiger partial charge in [-0.15, -0.1) is 0 Å². The number of hydrogen-bond donors (Lipinski definition) is 1. The van der Waals surface area contributed by atoms with Crippen LogP contribution in [0.4, 0.5) is 0 Å². The lowest BCUT2D eigenvalue weighted by Crippen LogP contribution is -2.38. The molecule has 1 nitrogen and oxygen atoms in total. The third-order valence-electron chi connectivity index (χ3n) is 3.67. The Bertz CT molecular complexity index is 315. The zero-order chi connectivity index (χ0) is 11.4. The minimum Gasteiger partial charge on any atom is -0.314 e. The predicted octanol–water partition coefficient (Wildman–Crippen LogP) is 3.18. The molecule has 1 aliphatic heterocycles. The normalized spacial score (nSPS) is 25.6. The molecule has 0 saturated carbocycles. The Morgan fingerprint density at radius 1 is 1.19 bits per heavy atom. The van der Waals surface area contributed by atoms with Crippen molar-refractivity contribution < 1.29 is 0 Å². The van der Waals surface area contributed by atoms with Crippen molar-refractivity contribution in [2.75, 3.05) is 6.54 Å². The monoisotopic (exact) mass is 217 g/mol. The van der Waals surface area contributed by atoms with Crippen LogP contribution in [0.2, 0.25) is 0 Å². The molecule has 1 aromatic rings. The largest absolute Gasteiger partial charge is 0.314 e. The van der Waals surface area contributed by atoms with Crippen LogP contribution in [-0.4, -0.2) is 12.6 Å². The Hall–Kier alpha value is -0.820. The van der Waals surface area contributed by atoms with Crippen molar-refractivity contribution in [3.63, 3.8) is 0 Å². The van der Waals surface area contributed by atoms with Gasteiger partial charge in [-0.2, -0.15) is 0 Å². The van der Waals surface area contributed by atoms with E-state index in [1.54, 1.807) is 0 Å². The fourth-order valence-electron chi connectivity index (χ4n) is 2.57. The van der Waals surface area contributed by atoms with E-state index in [9.17, 15) is 0 Å². The highest BCUT2D eigenvalue weighted by molar-refractivity contribution is 5.23. The van der Waals surface area contributed by atoms with E-state index in [-0.39, 0.29) is 0 Å². The van der Waals surface area contributed by atoms with E-state index in [0.29, 0.717) is 6.04 Å². The molecule has 2 rings (SSSR count). The van der Waals surface area contributed by atoms with Crippen molar-refractivity contribution in [3.8, 4) is 0 Å². The van der Waals surface area contributed by atoms with Crippen molar-refractivity contribution >= 4 is 0 Å². The molecule has 0 aromatic heterocycles. The lowest BCUT2D eigenvalue weighted by molar-refractivity contribution is 0.318. The molecule has 1 aliphatic rings. The number of piperidine rings is 1. The zero-order valence-corrected chi connectivity index (χ0v) is 10.5. The molecule has 0 spiro atoms. The molecule has 88 valence electrons. The van der Waals surface area contributed by atoms with Gasteiger partial charge in [-0.3, -0.25) is 0 Å². The third-order valence-corrected chi connectivity index (χ3v) is 3.67. The van der Waals surface area contributed by atoms with Gasteiger partial charge in [0.2, 0.25) is 0 Å². The molecule has 1 heterocycles. The van der Waals surface area contributed by atoms with Crippen LogP contribution in [0.3, 0.4) is 0 Å². The van der Waals surface area contributed by atoms with Crippen molar-refractivity contribution in [2.45, 2.75) is 45.6 Å². The van der Waals surface area contributed by atoms with E-state index < -0.39 is 0 Å². The second kappa shape index (κ2) is 5.49. The van der Waals surface area contributed by atoms with Crippen LogP contribution in [-0.2, 0) is 12.8 Å². The molecular weight excluding hydrogens is 194 g/mol. The summed E-state index contributed by atoms with van der Waals surface area (Å²) >= 11 is 0. The van der Waals surface area contributed by atoms with Gasteiger partial charge >= 0.3 is 0 Å². The first-order chi connectivity index (χ1) is 7.78. The van der Waals surface area contributed by atoms with Gasteiger partial charge in [0, 0.05) is 6.04 Å². The lowest BCUT2D eigenvalue weighted by atomic mass is 9.90. The maximum Gasteiger partial charge on any atom is 0.0110 e. The molecule has 2 atom stereocenters. The minimum absolute atomic E-state index is 0.691. The Labute approximate surface area is 99.3 Å². The molecule has 1 saturated heterocycles. The minimum atomic E-state index is 0.691. The molecule has 1 N–H and O–H groups in total. The fourth-order valence-corrected chi connectivity index (χ4v) is 2.57. The van der Waals surface area contributed by atoms with Crippen LogP contribution in [0.15, 0.2) is 24.3 Å². The van der Waals surface area contributed by atoms with Crippen LogP contribution < -0.4 is 5.32 Å². The number of hydrogen-bond acceptors (Lipinski definition) is 1. The molecule has 1 heteroatoms. The quantitative estimate of drug-likeness (QED) is 0.820. The average molecular weight is 217 g/mol. The topological polar surface area (TPSA) is 12.0 Å². The van der Waals surface area contributed by atoms with Crippen LogP contribution in [0, 0.1) is 5.92 Å². The second-order valence-electron chi connectivity index (χ2n) is 5.15. The summed E-state index contributed by atoms with van der Waals surface area (Å²) in [5, 5.41) is 3.63. The lowest BCUT2D eigenvalue weighted by Gasteiger charge is -2.28. The Balaban J connectivity index is 1.92. The van der Waals surface area contributed by atoms with Crippen LogP contribution in [0.25, 0.3) is 0 Å². The Morgan fingerprint density at radius 3 is 2.50 bits per heavy atom. The van der Waals surface area contributed by atoms with Gasteiger partial charge in [0.15, 0.2) is 0 Å². The van der Waals surface area contributed by atoms with E-state index in [1.165, 1.54) is 36.9 Å². The highest BCUT2D eigenvalue weighted by Gasteiger charge is 2.17. The van der Waals surface area contributed by atoms with E-state index >= 15 is 0 Å². The van der Waals surface area contributed by atoms with Crippen molar-refractivity contribution in [1.82, 2.24) is 5.32 Å². The highest BCUT2D eigenvalue weighted by Crippen LogP contribution is 2.18. The summed E-state index contributed by atoms with van der Waals surface area (Å²) in [7, 11) is 0. The summed E-state index contributed by atoms with van der Waals surface area (Å²) in [5.74, 6) is 0.890. The predicted molar refractivity (Wildman–Crippen MR) is 69.7 cm³/mol. The molecule has 1 aromatic carbocycles. The van der Waals surface area contributed by atoms with E-state index in [0.717, 1.165) is 12.3 Å². The summed E-state index contributed by atoms with van der Waals surface area (Å²) in [6, 6.07) is 9.80. The zero-order valence-electron chi connectivity index (χ0n) is 10.5. The first-order valence-electron chi connectivity index (χ1n) is 6.59. The van der Waals surface area contributed by atoms with E-state index in [1.807, 2.05) is 0 Å². The van der Waals surface area contributed by atoms with Crippen LogP contribution in [0.5, 0.6) is 0 Å². The van der Waals surface area contributed by atoms with E-state index in [2.05, 4.69) is 43.4 Å². The molecular formula is C15H23N. The van der Waals surface area contributed by atoms with E-state index in [4.69, 9.17) is 0 Å². The second-order valence-corrected chi connectivity index (χ2v) is 5.15. The summed E-state index contributed by atoms with van der Waals surface area (Å²) in [6.07, 6.45) is 4.99. The first-order valence-corrected chi connectivity index (χ1v) is 6.59. The van der Waals surface area contributed by atoms with Gasteiger partial charge in [0.05, 0.1) is 0 Å². The maximum atomic E-state index is 3.63. The fraction of sp³-hybridized carbons (Fsp3) is 0.600. The van der Waals surface area contributed by atoms with Gasteiger partial charge in [-0.1, -0.05) is 38.1 Å².